The summed E-state index contributed by atoms with van der Waals surface area (Å²) in [5.74, 6) is -2.44. The van der Waals surface area contributed by atoms with Crippen LogP contribution in [0, 0.1) is 23.7 Å². The van der Waals surface area contributed by atoms with Gasteiger partial charge in [-0.05, 0) is 50.0 Å². The van der Waals surface area contributed by atoms with E-state index >= 15 is 0 Å². The zero-order valence-electron chi connectivity index (χ0n) is 11.9. The second-order valence-electron chi connectivity index (χ2n) is 6.40. The van der Waals surface area contributed by atoms with Gasteiger partial charge in [0.15, 0.2) is 5.92 Å². The standard InChI is InChI=1S/C14H21F6N/c1-2-21-11(12(13(15,16)17)14(18,19)20)7-10-6-8-3-4-9(10)5-8/h8-12,21H,2-7H2,1H3. The van der Waals surface area contributed by atoms with Crippen molar-refractivity contribution in [1.29, 1.82) is 0 Å². The largest absolute Gasteiger partial charge is 0.401 e. The summed E-state index contributed by atoms with van der Waals surface area (Å²) in [5.41, 5.74) is 0. The molecule has 1 nitrogen and oxygen atoms in total. The number of rotatable bonds is 5. The molecule has 2 aliphatic rings. The number of fused-ring (bicyclic) bond motifs is 2. The van der Waals surface area contributed by atoms with E-state index in [1.165, 1.54) is 6.92 Å². The van der Waals surface area contributed by atoms with Crippen LogP contribution < -0.4 is 5.32 Å². The van der Waals surface area contributed by atoms with Crippen LogP contribution in [0.25, 0.3) is 0 Å². The van der Waals surface area contributed by atoms with E-state index in [2.05, 4.69) is 5.32 Å². The second kappa shape index (κ2) is 5.97. The van der Waals surface area contributed by atoms with Gasteiger partial charge < -0.3 is 5.32 Å². The third kappa shape index (κ3) is 3.85. The highest BCUT2D eigenvalue weighted by molar-refractivity contribution is 4.95. The van der Waals surface area contributed by atoms with Crippen LogP contribution in [0.4, 0.5) is 26.3 Å². The normalized spacial score (nSPS) is 31.1. The fourth-order valence-corrected chi connectivity index (χ4v) is 4.23. The Bertz CT molecular complexity index is 336. The van der Waals surface area contributed by atoms with Crippen molar-refractivity contribution in [3.63, 3.8) is 0 Å². The smallest absolute Gasteiger partial charge is 0.313 e. The Hall–Kier alpha value is -0.460. The zero-order chi connectivity index (χ0) is 15.8. The summed E-state index contributed by atoms with van der Waals surface area (Å²) < 4.78 is 77.3. The van der Waals surface area contributed by atoms with E-state index in [9.17, 15) is 26.3 Å². The minimum atomic E-state index is -5.26. The summed E-state index contributed by atoms with van der Waals surface area (Å²) >= 11 is 0. The van der Waals surface area contributed by atoms with E-state index in [-0.39, 0.29) is 18.9 Å². The van der Waals surface area contributed by atoms with Crippen molar-refractivity contribution in [2.75, 3.05) is 6.54 Å². The topological polar surface area (TPSA) is 12.0 Å². The predicted molar refractivity (Wildman–Crippen MR) is 66.6 cm³/mol. The Morgan fingerprint density at radius 1 is 1.00 bits per heavy atom. The van der Waals surface area contributed by atoms with Crippen LogP contribution in [0.15, 0.2) is 0 Å². The van der Waals surface area contributed by atoms with Gasteiger partial charge in [0.25, 0.3) is 0 Å². The van der Waals surface area contributed by atoms with Crippen LogP contribution in [0.2, 0.25) is 0 Å². The molecule has 0 aromatic rings. The van der Waals surface area contributed by atoms with Gasteiger partial charge in [-0.2, -0.15) is 26.3 Å². The van der Waals surface area contributed by atoms with E-state index in [0.29, 0.717) is 11.8 Å². The van der Waals surface area contributed by atoms with Crippen molar-refractivity contribution in [2.24, 2.45) is 23.7 Å². The third-order valence-electron chi connectivity index (χ3n) is 5.02. The van der Waals surface area contributed by atoms with Gasteiger partial charge in [-0.3, -0.25) is 0 Å². The summed E-state index contributed by atoms with van der Waals surface area (Å²) in [6.07, 6.45) is -6.75. The molecule has 2 bridgehead atoms. The molecule has 0 heterocycles. The highest BCUT2D eigenvalue weighted by Gasteiger charge is 2.60. The maximum Gasteiger partial charge on any atom is 0.401 e. The van der Waals surface area contributed by atoms with E-state index in [0.717, 1.165) is 25.7 Å². The Labute approximate surface area is 120 Å². The van der Waals surface area contributed by atoms with Crippen molar-refractivity contribution in [3.05, 3.63) is 0 Å². The van der Waals surface area contributed by atoms with Gasteiger partial charge in [-0.25, -0.2) is 0 Å². The fraction of sp³-hybridized carbons (Fsp3) is 1.00. The summed E-state index contributed by atoms with van der Waals surface area (Å²) in [5, 5.41) is 2.44. The van der Waals surface area contributed by atoms with Gasteiger partial charge in [0.2, 0.25) is 0 Å². The van der Waals surface area contributed by atoms with Gasteiger partial charge >= 0.3 is 12.4 Å². The molecular weight excluding hydrogens is 296 g/mol. The first kappa shape index (κ1) is 16.9. The first-order valence-corrected chi connectivity index (χ1v) is 7.49. The molecule has 0 amide bonds. The highest BCUT2D eigenvalue weighted by atomic mass is 19.4. The predicted octanol–water partition coefficient (Wildman–Crippen LogP) is 4.53. The molecule has 2 saturated carbocycles. The molecule has 1 N–H and O–H groups in total. The molecule has 0 aliphatic heterocycles. The lowest BCUT2D eigenvalue weighted by atomic mass is 9.80. The Kier molecular flexibility index (Phi) is 4.81. The lowest BCUT2D eigenvalue weighted by molar-refractivity contribution is -0.292. The van der Waals surface area contributed by atoms with Crippen LogP contribution >= 0.6 is 0 Å². The lowest BCUT2D eigenvalue weighted by Gasteiger charge is -2.34. The molecule has 2 rings (SSSR count). The fourth-order valence-electron chi connectivity index (χ4n) is 4.23. The van der Waals surface area contributed by atoms with Crippen LogP contribution in [-0.2, 0) is 0 Å². The van der Waals surface area contributed by atoms with E-state index in [1.54, 1.807) is 0 Å². The minimum absolute atomic E-state index is 0.000000000000000222. The zero-order valence-corrected chi connectivity index (χ0v) is 11.9. The number of nitrogens with one attached hydrogen (secondary N) is 1. The quantitative estimate of drug-likeness (QED) is 0.735. The molecule has 2 fully saturated rings. The molecule has 0 spiro atoms. The van der Waals surface area contributed by atoms with Crippen LogP contribution in [-0.4, -0.2) is 24.9 Å². The van der Waals surface area contributed by atoms with Crippen LogP contribution in [0.1, 0.15) is 39.0 Å². The molecule has 7 heteroatoms. The van der Waals surface area contributed by atoms with E-state index < -0.39 is 24.3 Å². The Balaban J connectivity index is 2.12. The molecule has 4 unspecified atom stereocenters. The Morgan fingerprint density at radius 3 is 2.00 bits per heavy atom. The maximum absolute atomic E-state index is 12.9. The molecule has 0 aromatic carbocycles. The van der Waals surface area contributed by atoms with Crippen LogP contribution in [0.3, 0.4) is 0 Å². The highest BCUT2D eigenvalue weighted by Crippen LogP contribution is 2.51. The average Bonchev–Trinajstić information content (AvgIpc) is 2.86. The van der Waals surface area contributed by atoms with Crippen molar-refractivity contribution in [3.8, 4) is 0 Å². The molecule has 2 aliphatic carbocycles. The molecule has 0 radical (unpaired) electrons. The first-order valence-electron chi connectivity index (χ1n) is 7.49. The van der Waals surface area contributed by atoms with Gasteiger partial charge in [0.1, 0.15) is 0 Å². The second-order valence-corrected chi connectivity index (χ2v) is 6.40. The average molecular weight is 317 g/mol. The minimum Gasteiger partial charge on any atom is -0.313 e. The number of halogens is 6. The molecular formula is C14H21F6N. The SMILES string of the molecule is CCNC(CC1CC2CCC1C2)C(C(F)(F)F)C(F)(F)F. The van der Waals surface area contributed by atoms with Crippen molar-refractivity contribution in [2.45, 2.75) is 57.4 Å². The molecule has 0 saturated heterocycles. The molecule has 4 atom stereocenters. The maximum atomic E-state index is 12.9. The summed E-state index contributed by atoms with van der Waals surface area (Å²) in [6.45, 7) is 1.64. The van der Waals surface area contributed by atoms with E-state index in [1.807, 2.05) is 0 Å². The number of hydrogen-bond donors (Lipinski definition) is 1. The monoisotopic (exact) mass is 317 g/mol. The number of alkyl halides is 6. The van der Waals surface area contributed by atoms with Gasteiger partial charge in [-0.15, -0.1) is 0 Å². The Morgan fingerprint density at radius 2 is 1.62 bits per heavy atom. The molecule has 124 valence electrons. The molecule has 0 aromatic heterocycles. The summed E-state index contributed by atoms with van der Waals surface area (Å²) in [6, 6.07) is -1.57. The third-order valence-corrected chi connectivity index (χ3v) is 5.02. The number of hydrogen-bond acceptors (Lipinski definition) is 1. The van der Waals surface area contributed by atoms with E-state index in [4.69, 9.17) is 0 Å². The van der Waals surface area contributed by atoms with Crippen LogP contribution in [0.5, 0.6) is 0 Å². The van der Waals surface area contributed by atoms with Gasteiger partial charge in [-0.1, -0.05) is 13.3 Å². The van der Waals surface area contributed by atoms with Gasteiger partial charge in [0.05, 0.1) is 0 Å². The summed E-state index contributed by atoms with van der Waals surface area (Å²) in [7, 11) is 0. The first-order chi connectivity index (χ1) is 9.63. The lowest BCUT2D eigenvalue weighted by Crippen LogP contribution is -2.51. The molecule has 21 heavy (non-hydrogen) atoms. The van der Waals surface area contributed by atoms with Crippen molar-refractivity contribution >= 4 is 0 Å². The van der Waals surface area contributed by atoms with Gasteiger partial charge in [0, 0.05) is 6.04 Å². The van der Waals surface area contributed by atoms with Crippen molar-refractivity contribution < 1.29 is 26.3 Å². The van der Waals surface area contributed by atoms with Crippen molar-refractivity contribution in [1.82, 2.24) is 5.32 Å². The summed E-state index contributed by atoms with van der Waals surface area (Å²) in [4.78, 5) is 0.